The number of carbonyl (C=O) groups is 3. The van der Waals surface area contributed by atoms with Gasteiger partial charge in [-0.15, -0.1) is 0 Å². The lowest BCUT2D eigenvalue weighted by Crippen LogP contribution is -2.48. The smallest absolute Gasteiger partial charge is 0.407 e. The first-order valence-corrected chi connectivity index (χ1v) is 7.86. The van der Waals surface area contributed by atoms with Crippen LogP contribution < -0.4 is 5.32 Å². The molecule has 1 N–H and O–H groups in total. The van der Waals surface area contributed by atoms with Crippen molar-refractivity contribution in [3.63, 3.8) is 0 Å². The van der Waals surface area contributed by atoms with Gasteiger partial charge in [-0.3, -0.25) is 14.6 Å². The number of aromatic nitrogens is 1. The fraction of sp³-hybridized carbons (Fsp3) is 0.500. The third-order valence-electron chi connectivity index (χ3n) is 3.87. The maximum atomic E-state index is 12.4. The van der Waals surface area contributed by atoms with Crippen LogP contribution in [0.4, 0.5) is 4.79 Å². The predicted octanol–water partition coefficient (Wildman–Crippen LogP) is 0.501. The molecule has 0 radical (unpaired) electrons. The number of alkyl carbamates (subject to hydrolysis) is 1. The highest BCUT2D eigenvalue weighted by Gasteiger charge is 2.26. The number of amides is 3. The van der Waals surface area contributed by atoms with Gasteiger partial charge in [0.05, 0.1) is 7.11 Å². The van der Waals surface area contributed by atoms with Crippen molar-refractivity contribution >= 4 is 17.9 Å². The predicted molar refractivity (Wildman–Crippen MR) is 86.3 cm³/mol. The Labute approximate surface area is 140 Å². The summed E-state index contributed by atoms with van der Waals surface area (Å²) in [4.78, 5) is 43.5. The number of methoxy groups -OCH3 is 1. The normalized spacial score (nSPS) is 16.1. The minimum absolute atomic E-state index is 0.134. The summed E-state index contributed by atoms with van der Waals surface area (Å²) in [7, 11) is 1.25. The van der Waals surface area contributed by atoms with E-state index in [0.717, 1.165) is 0 Å². The van der Waals surface area contributed by atoms with Crippen molar-refractivity contribution in [3.05, 3.63) is 30.1 Å². The van der Waals surface area contributed by atoms with Crippen molar-refractivity contribution in [3.8, 4) is 0 Å². The van der Waals surface area contributed by atoms with Crippen LogP contribution in [0, 0.1) is 0 Å². The van der Waals surface area contributed by atoms with Gasteiger partial charge < -0.3 is 19.9 Å². The minimum atomic E-state index is -0.671. The van der Waals surface area contributed by atoms with Gasteiger partial charge in [0, 0.05) is 32.4 Å². The van der Waals surface area contributed by atoms with Gasteiger partial charge in [-0.1, -0.05) is 6.07 Å². The highest BCUT2D eigenvalue weighted by Crippen LogP contribution is 2.09. The Morgan fingerprint density at radius 2 is 1.88 bits per heavy atom. The van der Waals surface area contributed by atoms with E-state index in [9.17, 15) is 14.4 Å². The third kappa shape index (κ3) is 4.43. The Morgan fingerprint density at radius 1 is 1.17 bits per heavy atom. The largest absolute Gasteiger partial charge is 0.453 e. The van der Waals surface area contributed by atoms with Crippen molar-refractivity contribution < 1.29 is 19.1 Å². The Kier molecular flexibility index (Phi) is 6.11. The molecule has 0 aliphatic carbocycles. The molecule has 0 aromatic carbocycles. The summed E-state index contributed by atoms with van der Waals surface area (Å²) in [5.74, 6) is -0.321. The summed E-state index contributed by atoms with van der Waals surface area (Å²) in [6.07, 6.45) is 1.62. The van der Waals surface area contributed by atoms with Crippen LogP contribution in [-0.4, -0.2) is 72.0 Å². The molecule has 1 aliphatic rings. The van der Waals surface area contributed by atoms with E-state index in [1.807, 2.05) is 0 Å². The molecule has 1 aromatic heterocycles. The Morgan fingerprint density at radius 3 is 2.54 bits per heavy atom. The molecule has 2 heterocycles. The summed E-state index contributed by atoms with van der Waals surface area (Å²) in [6.45, 7) is 3.58. The van der Waals surface area contributed by atoms with Gasteiger partial charge >= 0.3 is 6.09 Å². The number of nitrogens with one attached hydrogen (secondary N) is 1. The Balaban J connectivity index is 1.93. The average Bonchev–Trinajstić information content (AvgIpc) is 2.87. The SMILES string of the molecule is COC(=O)NC(C)C(=O)N1CCCN(C(=O)c2ccccn2)CC1. The molecule has 2 rings (SSSR count). The number of hydrogen-bond acceptors (Lipinski definition) is 5. The summed E-state index contributed by atoms with van der Waals surface area (Å²) in [5, 5.41) is 2.46. The van der Waals surface area contributed by atoms with Crippen LogP contribution in [0.25, 0.3) is 0 Å². The van der Waals surface area contributed by atoms with Gasteiger partial charge in [-0.2, -0.15) is 0 Å². The van der Waals surface area contributed by atoms with E-state index in [4.69, 9.17) is 0 Å². The van der Waals surface area contributed by atoms with Crippen LogP contribution in [0.1, 0.15) is 23.8 Å². The van der Waals surface area contributed by atoms with E-state index in [-0.39, 0.29) is 11.8 Å². The van der Waals surface area contributed by atoms with Crippen LogP contribution in [0.15, 0.2) is 24.4 Å². The average molecular weight is 334 g/mol. The number of carbonyl (C=O) groups excluding carboxylic acids is 3. The molecular formula is C16H22N4O4. The fourth-order valence-electron chi connectivity index (χ4n) is 2.56. The van der Waals surface area contributed by atoms with Crippen LogP contribution in [0.2, 0.25) is 0 Å². The molecule has 1 unspecified atom stereocenters. The lowest BCUT2D eigenvalue weighted by molar-refractivity contribution is -0.132. The van der Waals surface area contributed by atoms with Crippen molar-refractivity contribution in [1.82, 2.24) is 20.1 Å². The minimum Gasteiger partial charge on any atom is -0.453 e. The fourth-order valence-corrected chi connectivity index (χ4v) is 2.56. The second-order valence-corrected chi connectivity index (χ2v) is 5.54. The van der Waals surface area contributed by atoms with Crippen LogP contribution in [0.3, 0.4) is 0 Å². The molecule has 8 nitrogen and oxygen atoms in total. The second kappa shape index (κ2) is 8.28. The molecule has 1 aliphatic heterocycles. The maximum Gasteiger partial charge on any atom is 0.407 e. The first-order valence-electron chi connectivity index (χ1n) is 7.86. The zero-order chi connectivity index (χ0) is 17.5. The molecule has 24 heavy (non-hydrogen) atoms. The summed E-state index contributed by atoms with van der Waals surface area (Å²) < 4.78 is 4.50. The first-order chi connectivity index (χ1) is 11.5. The highest BCUT2D eigenvalue weighted by molar-refractivity contribution is 5.92. The van der Waals surface area contributed by atoms with Crippen molar-refractivity contribution in [2.24, 2.45) is 0 Å². The molecule has 1 saturated heterocycles. The highest BCUT2D eigenvalue weighted by atomic mass is 16.5. The number of ether oxygens (including phenoxy) is 1. The zero-order valence-electron chi connectivity index (χ0n) is 13.9. The van der Waals surface area contributed by atoms with Crippen molar-refractivity contribution in [2.45, 2.75) is 19.4 Å². The van der Waals surface area contributed by atoms with E-state index in [1.54, 1.807) is 41.1 Å². The van der Waals surface area contributed by atoms with E-state index in [1.165, 1.54) is 7.11 Å². The number of nitrogens with zero attached hydrogens (tertiary/aromatic N) is 3. The molecule has 130 valence electrons. The van der Waals surface area contributed by atoms with Gasteiger partial charge in [0.1, 0.15) is 11.7 Å². The lowest BCUT2D eigenvalue weighted by atomic mass is 10.2. The number of pyridine rings is 1. The molecule has 0 spiro atoms. The van der Waals surface area contributed by atoms with Gasteiger partial charge in [0.15, 0.2) is 0 Å². The molecule has 8 heteroatoms. The molecule has 3 amide bonds. The first kappa shape index (κ1) is 17.7. The summed E-state index contributed by atoms with van der Waals surface area (Å²) >= 11 is 0. The van der Waals surface area contributed by atoms with Crippen molar-refractivity contribution in [1.29, 1.82) is 0 Å². The van der Waals surface area contributed by atoms with Crippen LogP contribution in [0.5, 0.6) is 0 Å². The molecular weight excluding hydrogens is 312 g/mol. The van der Waals surface area contributed by atoms with Gasteiger partial charge in [-0.25, -0.2) is 4.79 Å². The number of rotatable bonds is 3. The summed E-state index contributed by atoms with van der Waals surface area (Å²) in [5.41, 5.74) is 0.401. The molecule has 0 saturated carbocycles. The van der Waals surface area contributed by atoms with Gasteiger partial charge in [-0.05, 0) is 25.5 Å². The van der Waals surface area contributed by atoms with Crippen molar-refractivity contribution in [2.75, 3.05) is 33.3 Å². The Hall–Kier alpha value is -2.64. The van der Waals surface area contributed by atoms with E-state index >= 15 is 0 Å². The molecule has 1 fully saturated rings. The zero-order valence-corrected chi connectivity index (χ0v) is 13.9. The molecule has 1 aromatic rings. The second-order valence-electron chi connectivity index (χ2n) is 5.54. The topological polar surface area (TPSA) is 91.8 Å². The standard InChI is InChI=1S/C16H22N4O4/c1-12(18-16(23)24-2)14(21)19-8-5-9-20(11-10-19)15(22)13-6-3-4-7-17-13/h3-4,6-7,12H,5,8-11H2,1-2H3,(H,18,23). The monoisotopic (exact) mass is 334 g/mol. The van der Waals surface area contributed by atoms with Gasteiger partial charge in [0.2, 0.25) is 5.91 Å². The number of hydrogen-bond donors (Lipinski definition) is 1. The van der Waals surface area contributed by atoms with Crippen LogP contribution in [-0.2, 0) is 9.53 Å². The van der Waals surface area contributed by atoms with Gasteiger partial charge in [0.25, 0.3) is 5.91 Å². The third-order valence-corrected chi connectivity index (χ3v) is 3.87. The Bertz CT molecular complexity index is 593. The van der Waals surface area contributed by atoms with E-state index < -0.39 is 12.1 Å². The lowest BCUT2D eigenvalue weighted by Gasteiger charge is -2.24. The van der Waals surface area contributed by atoms with E-state index in [0.29, 0.717) is 38.3 Å². The quantitative estimate of drug-likeness (QED) is 0.869. The maximum absolute atomic E-state index is 12.4. The van der Waals surface area contributed by atoms with Crippen LogP contribution >= 0.6 is 0 Å². The molecule has 1 atom stereocenters. The summed E-state index contributed by atoms with van der Waals surface area (Å²) in [6, 6.07) is 4.54. The molecule has 0 bridgehead atoms. The van der Waals surface area contributed by atoms with E-state index in [2.05, 4.69) is 15.0 Å².